The van der Waals surface area contributed by atoms with Gasteiger partial charge in [0.15, 0.2) is 54.1 Å². The summed E-state index contributed by atoms with van der Waals surface area (Å²) in [5, 5.41) is 11.8. The van der Waals surface area contributed by atoms with Gasteiger partial charge in [0.1, 0.15) is 139 Å². The number of nitrogens with zero attached hydrogens (tertiary/aromatic N) is 15. The van der Waals surface area contributed by atoms with E-state index in [4.69, 9.17) is 150 Å². The number of aromatic amines is 1. The molecule has 14 N–H and O–H groups in total. The summed E-state index contributed by atoms with van der Waals surface area (Å²) in [7, 11) is -5.05. The number of rotatable bonds is 52. The van der Waals surface area contributed by atoms with Crippen molar-refractivity contribution in [3.8, 4) is 0 Å². The standard InChI is InChI=1S/C76H112N21O39P5S3/c1-11-40-41(22-47(126-40)96-34-86-48-63(80)82-32-84-65(48)96)132-139(108,142)124-30-45-52(57(118-19-14-113-8)70(129-45)94-25-38(4)62(79)90-75(94)102)134-137(104,105)121-28-43-51(56(117-18-13-112-7)69(128-43)93-24-37(3)61(78)89-74(93)101)133-138(106,107)122-29-44-53(59(120-21-16-115-10)72(131-44)97-35-87-49-64(81)83-33-85-66(49)97)135-141(110,144)125-31-46-54(58(119-20-15-114-9)71(130-46)95-26-39(5)67(99)91-76(95)103)136-140(109,143)123-27-42-50(98)55(116-17-12-111-6)68(127-42)92-23-36(2)60(77)88-73(92)100/h23-26,32-35,40-47,50-59,68-72,98H,11-22,27-31H2,1-10H3,(H,104,105)(H,106,107)(H,108,142)(H,109,143)(H,110,144)(H2,77,88,100)(H2,78,89,101)(H2,79,90,102)(H2,80,82,84)(H2,81,83,85)(H,91,99,103)/t40-,41?,42-,43-,44-,45-,46-,47-,50?,51?,52?,53?,54?,55+,56+,57+,58+,59+,68-,69-,70-,71-,72-,139?,140?,141?/m1/s1. The summed E-state index contributed by atoms with van der Waals surface area (Å²) in [6.07, 6.45) is -26.9. The molecule has 0 bridgehead atoms. The lowest BCUT2D eigenvalue weighted by Crippen LogP contribution is -2.41. The minimum absolute atomic E-state index is 0.0150. The van der Waals surface area contributed by atoms with Gasteiger partial charge >= 0.3 is 58.8 Å². The first-order valence-electron chi connectivity index (χ1n) is 44.2. The number of aliphatic hydroxyl groups is 1. The molecule has 14 heterocycles. The van der Waals surface area contributed by atoms with Gasteiger partial charge in [-0.25, -0.2) is 71.9 Å². The van der Waals surface area contributed by atoms with E-state index in [1.807, 2.05) is 0 Å². The summed E-state index contributed by atoms with van der Waals surface area (Å²) in [5.41, 5.74) is 27.0. The molecule has 0 amide bonds. The quantitative estimate of drug-likeness (QED) is 0.0145. The number of anilines is 5. The van der Waals surface area contributed by atoms with Crippen molar-refractivity contribution >= 4 is 124 Å². The van der Waals surface area contributed by atoms with Crippen molar-refractivity contribution in [3.63, 3.8) is 0 Å². The molecule has 28 atom stereocenters. The van der Waals surface area contributed by atoms with E-state index in [1.54, 1.807) is 18.4 Å². The lowest BCUT2D eigenvalue weighted by atomic mass is 10.1. The van der Waals surface area contributed by atoms with E-state index in [-0.39, 0.29) is 128 Å². The molecule has 6 saturated heterocycles. The Morgan fingerprint density at radius 2 is 0.715 bits per heavy atom. The van der Waals surface area contributed by atoms with Gasteiger partial charge in [-0.05, 0) is 34.1 Å². The molecule has 144 heavy (non-hydrogen) atoms. The fourth-order valence-electron chi connectivity index (χ4n) is 16.4. The van der Waals surface area contributed by atoms with E-state index in [1.165, 1.54) is 98.5 Å². The Balaban J connectivity index is 0.754. The number of imidazole rings is 2. The van der Waals surface area contributed by atoms with Gasteiger partial charge in [0.05, 0.1) is 124 Å². The maximum Gasteiger partial charge on any atom is 0.472 e. The first kappa shape index (κ1) is 112. The largest absolute Gasteiger partial charge is 0.472 e. The smallest absolute Gasteiger partial charge is 0.387 e. The number of nitrogen functional groups attached to an aromatic ring is 5. The molecule has 68 heteroatoms. The summed E-state index contributed by atoms with van der Waals surface area (Å²) in [6.45, 7) is -14.4. The monoisotopic (exact) mass is 2190 g/mol. The number of ether oxygens (including phenoxy) is 16. The van der Waals surface area contributed by atoms with E-state index in [9.17, 15) is 43.4 Å². The zero-order valence-electron chi connectivity index (χ0n) is 78.6. The molecule has 798 valence electrons. The zero-order chi connectivity index (χ0) is 104. The van der Waals surface area contributed by atoms with Gasteiger partial charge < -0.3 is 119 Å². The molecular formula is C76H112N21O39P5S3. The minimum Gasteiger partial charge on any atom is -0.387 e. The molecule has 11 unspecified atom stereocenters. The lowest BCUT2D eigenvalue weighted by molar-refractivity contribution is -0.0849. The highest BCUT2D eigenvalue weighted by Crippen LogP contribution is 2.62. The van der Waals surface area contributed by atoms with E-state index in [2.05, 4.69) is 86.6 Å². The van der Waals surface area contributed by atoms with E-state index >= 15 is 18.3 Å². The molecule has 0 saturated carbocycles. The highest BCUT2D eigenvalue weighted by molar-refractivity contribution is 8.45. The second kappa shape index (κ2) is 48.6. The molecule has 14 rings (SSSR count). The molecule has 0 aromatic carbocycles. The van der Waals surface area contributed by atoms with Gasteiger partial charge in [0.25, 0.3) is 5.56 Å². The van der Waals surface area contributed by atoms with Crippen molar-refractivity contribution in [2.24, 2.45) is 0 Å². The fourth-order valence-corrected chi connectivity index (χ4v) is 22.8. The zero-order valence-corrected chi connectivity index (χ0v) is 85.8. The summed E-state index contributed by atoms with van der Waals surface area (Å²) in [5.74, 6) is -0.524. The molecule has 0 radical (unpaired) electrons. The molecule has 60 nitrogen and oxygen atoms in total. The Kier molecular flexibility index (Phi) is 37.8. The maximum atomic E-state index is 15.6. The third-order valence-electron chi connectivity index (χ3n) is 23.4. The minimum atomic E-state index is -5.93. The molecular weight excluding hydrogens is 2080 g/mol. The molecule has 6 aliphatic heterocycles. The number of nitrogens with two attached hydrogens (primary N) is 5. The second-order valence-corrected chi connectivity index (χ2v) is 44.6. The molecule has 8 aromatic heterocycles. The van der Waals surface area contributed by atoms with Crippen LogP contribution < -0.4 is 57.0 Å². The molecule has 8 aromatic rings. The average Bonchev–Trinajstić information content (AvgIpc) is 1.29. The number of hydrogen-bond donors (Lipinski definition) is 12. The van der Waals surface area contributed by atoms with Gasteiger partial charge in [-0.15, -0.1) is 0 Å². The Labute approximate surface area is 832 Å². The van der Waals surface area contributed by atoms with Gasteiger partial charge in [-0.2, -0.15) is 15.0 Å². The van der Waals surface area contributed by atoms with Gasteiger partial charge in [0, 0.05) is 89.0 Å². The van der Waals surface area contributed by atoms with Crippen LogP contribution in [0.4, 0.5) is 29.1 Å². The maximum absolute atomic E-state index is 15.6. The fraction of sp³-hybridized carbons (Fsp3) is 0.658. The van der Waals surface area contributed by atoms with Crippen LogP contribution in [0.3, 0.4) is 0 Å². The number of fused-ring (bicyclic) bond motifs is 2. The number of aliphatic hydroxyl groups excluding tert-OH is 1. The number of phosphoric acid groups is 2. The number of H-pyrrole nitrogens is 1. The number of thiol groups is 3. The Bertz CT molecular complexity index is 6360. The first-order chi connectivity index (χ1) is 68.5. The predicted molar refractivity (Wildman–Crippen MR) is 504 cm³/mol. The normalized spacial score (nSPS) is 29.3. The van der Waals surface area contributed by atoms with Crippen molar-refractivity contribution in [2.45, 2.75) is 189 Å². The molecule has 6 aliphatic rings. The number of methoxy groups -OCH3 is 5. The summed E-state index contributed by atoms with van der Waals surface area (Å²) >= 11 is 13.1. The Hall–Kier alpha value is -7.54. The van der Waals surface area contributed by atoms with Gasteiger partial charge in [-0.1, -0.05) is 43.7 Å². The summed E-state index contributed by atoms with van der Waals surface area (Å²) < 4.78 is 239. The Morgan fingerprint density at radius 1 is 0.389 bits per heavy atom. The van der Waals surface area contributed by atoms with Crippen LogP contribution in [-0.4, -0.2) is 331 Å². The van der Waals surface area contributed by atoms with Crippen molar-refractivity contribution < 1.29 is 159 Å². The number of aromatic nitrogens is 16. The first-order valence-corrected chi connectivity index (χ1v) is 55.2. The number of phosphoric ester groups is 2. The molecule has 0 aliphatic carbocycles. The van der Waals surface area contributed by atoms with Crippen LogP contribution in [-0.2, 0) is 144 Å². The number of nitrogens with one attached hydrogen (secondary N) is 1. The predicted octanol–water partition coefficient (Wildman–Crippen LogP) is 1.16. The number of aryl methyl sites for hydroxylation is 4. The topological polar surface area (TPSA) is 763 Å². The van der Waals surface area contributed by atoms with Crippen LogP contribution in [0.15, 0.2) is 74.1 Å². The third kappa shape index (κ3) is 26.5. The van der Waals surface area contributed by atoms with Crippen molar-refractivity contribution in [1.29, 1.82) is 0 Å². The third-order valence-corrected chi connectivity index (χ3v) is 30.3. The van der Waals surface area contributed by atoms with E-state index in [0.717, 1.165) is 30.8 Å². The van der Waals surface area contributed by atoms with Crippen LogP contribution in [0.5, 0.6) is 0 Å². The van der Waals surface area contributed by atoms with E-state index in [0.29, 0.717) is 17.6 Å². The molecule has 0 spiro atoms. The van der Waals surface area contributed by atoms with Crippen LogP contribution in [0.1, 0.15) is 79.4 Å². The highest BCUT2D eigenvalue weighted by Gasteiger charge is 2.59. The second-order valence-electron chi connectivity index (χ2n) is 33.1. The van der Waals surface area contributed by atoms with Gasteiger partial charge in [0.2, 0.25) is 0 Å². The number of hydrogen-bond acceptors (Lipinski definition) is 51. The van der Waals surface area contributed by atoms with Crippen molar-refractivity contribution in [1.82, 2.24) is 77.2 Å². The van der Waals surface area contributed by atoms with E-state index < -0.39 is 245 Å². The van der Waals surface area contributed by atoms with Crippen molar-refractivity contribution in [2.75, 3.05) is 163 Å². The summed E-state index contributed by atoms with van der Waals surface area (Å²) in [4.78, 5) is 132. The molecule has 6 fully saturated rings. The summed E-state index contributed by atoms with van der Waals surface area (Å²) in [6, 6.07) is 0. The lowest BCUT2D eigenvalue weighted by Gasteiger charge is -2.29. The van der Waals surface area contributed by atoms with Crippen molar-refractivity contribution in [3.05, 3.63) is 125 Å². The van der Waals surface area contributed by atoms with Crippen LogP contribution in [0.25, 0.3) is 22.3 Å². The average molecular weight is 2190 g/mol. The van der Waals surface area contributed by atoms with Crippen LogP contribution in [0, 0.1) is 27.7 Å². The Morgan fingerprint density at radius 3 is 1.11 bits per heavy atom. The SMILES string of the molecule is CC[C@H]1O[C@@H](n2cnc3c(N)ncnc32)CC1OP(=O)(S)OC[C@H]1O[C@@H](n2cc(C)c(N)nc2=O)[C@@H](OCCOC)C1OP(=O)(O)OC[C@H]1O[C@@H](n2cc(C)c(N)nc2=O)[C@@H](OCCOC)C1OP(=O)(O)OC[C@H]1O[C@@H](n2cnc3c(N)ncnc32)[C@@H](OCCOC)C1OP(=O)(S)OC[C@H]1O[C@@H](n2cc(C)c(=O)[nH]c2=O)[C@@H](OCCOC)C1OP(=O)(S)OC[C@H]1O[C@@H](n2cc(C)c(N)nc2=O)[C@@H](OCCOC)C1O. The van der Waals surface area contributed by atoms with Crippen LogP contribution in [0.2, 0.25) is 0 Å². The van der Waals surface area contributed by atoms with Crippen LogP contribution >= 0.6 is 72.8 Å². The highest BCUT2D eigenvalue weighted by atomic mass is 32.7. The van der Waals surface area contributed by atoms with Gasteiger partial charge in [-0.3, -0.25) is 82.4 Å².